The monoisotopic (exact) mass is 148 g/mol. The fourth-order valence-corrected chi connectivity index (χ4v) is 1.77. The minimum absolute atomic E-state index is 0. The molecule has 2 atom stereocenters. The van der Waals surface area contributed by atoms with Crippen molar-refractivity contribution in [2.45, 2.75) is 18.5 Å². The molecule has 2 bridgehead atoms. The Morgan fingerprint density at radius 2 is 2.33 bits per heavy atom. The van der Waals surface area contributed by atoms with Crippen molar-refractivity contribution in [2.24, 2.45) is 0 Å². The molecule has 2 nitrogen and oxygen atoms in total. The number of nitrogens with one attached hydrogen (secondary N) is 1. The number of likely N-dealkylation sites (tertiary alicyclic amines) is 1. The Balaban J connectivity index is 0.000000405. The van der Waals surface area contributed by atoms with Crippen LogP contribution in [0.5, 0.6) is 0 Å². The van der Waals surface area contributed by atoms with Crippen LogP contribution in [0.4, 0.5) is 0 Å². The lowest BCUT2D eigenvalue weighted by Gasteiger charge is -2.21. The van der Waals surface area contributed by atoms with Gasteiger partial charge in [0.2, 0.25) is 0 Å². The van der Waals surface area contributed by atoms with Crippen LogP contribution in [-0.2, 0) is 0 Å². The lowest BCUT2D eigenvalue weighted by molar-refractivity contribution is 0.276. The van der Waals surface area contributed by atoms with Gasteiger partial charge in [-0.15, -0.1) is 12.4 Å². The van der Waals surface area contributed by atoms with Crippen LogP contribution in [0, 0.1) is 0 Å². The second kappa shape index (κ2) is 2.45. The molecule has 2 heterocycles. The summed E-state index contributed by atoms with van der Waals surface area (Å²) in [6, 6.07) is 1.69. The molecule has 0 radical (unpaired) electrons. The van der Waals surface area contributed by atoms with E-state index in [1.54, 1.807) is 0 Å². The minimum atomic E-state index is 0. The summed E-state index contributed by atoms with van der Waals surface area (Å²) in [6.07, 6.45) is 1.39. The van der Waals surface area contributed by atoms with E-state index in [0.29, 0.717) is 0 Å². The minimum Gasteiger partial charge on any atom is -0.311 e. The summed E-state index contributed by atoms with van der Waals surface area (Å²) >= 11 is 0. The van der Waals surface area contributed by atoms with Gasteiger partial charge in [-0.3, -0.25) is 0 Å². The lowest BCUT2D eigenvalue weighted by atomic mass is 10.2. The standard InChI is InChI=1S/C6H12N2.ClH/c1-8-4-5-2-6(8)3-7-5;/h5-7H,2-4H2,1H3;1H. The van der Waals surface area contributed by atoms with Gasteiger partial charge in [-0.1, -0.05) is 0 Å². The molecule has 2 aliphatic heterocycles. The predicted octanol–water partition coefficient (Wildman–Crippen LogP) is 0.0841. The molecule has 2 rings (SSSR count). The van der Waals surface area contributed by atoms with Gasteiger partial charge in [-0.05, 0) is 13.5 Å². The predicted molar refractivity (Wildman–Crippen MR) is 40.1 cm³/mol. The maximum Gasteiger partial charge on any atom is 0.0233 e. The number of halogens is 1. The smallest absolute Gasteiger partial charge is 0.0233 e. The zero-order chi connectivity index (χ0) is 5.56. The van der Waals surface area contributed by atoms with Crippen LogP contribution in [0.1, 0.15) is 6.42 Å². The zero-order valence-corrected chi connectivity index (χ0v) is 6.45. The SMILES string of the molecule is CN1CC2CC1CN2.Cl. The molecule has 0 aromatic carbocycles. The maximum atomic E-state index is 3.44. The normalized spacial score (nSPS) is 41.0. The topological polar surface area (TPSA) is 15.3 Å². The number of fused-ring (bicyclic) bond motifs is 2. The Morgan fingerprint density at radius 1 is 1.56 bits per heavy atom. The first kappa shape index (κ1) is 7.32. The second-order valence-corrected chi connectivity index (χ2v) is 2.93. The molecule has 0 aliphatic carbocycles. The maximum absolute atomic E-state index is 3.44. The number of hydrogen-bond donors (Lipinski definition) is 1. The first-order valence-corrected chi connectivity index (χ1v) is 3.30. The summed E-state index contributed by atoms with van der Waals surface area (Å²) in [7, 11) is 2.21. The van der Waals surface area contributed by atoms with Gasteiger partial charge in [0, 0.05) is 25.2 Å². The highest BCUT2D eigenvalue weighted by Gasteiger charge is 2.34. The van der Waals surface area contributed by atoms with Crippen LogP contribution >= 0.6 is 12.4 Å². The van der Waals surface area contributed by atoms with Crippen molar-refractivity contribution < 1.29 is 0 Å². The van der Waals surface area contributed by atoms with Gasteiger partial charge in [0.1, 0.15) is 0 Å². The third-order valence-corrected chi connectivity index (χ3v) is 2.33. The second-order valence-electron chi connectivity index (χ2n) is 2.93. The van der Waals surface area contributed by atoms with Crippen molar-refractivity contribution in [1.82, 2.24) is 10.2 Å². The number of nitrogens with zero attached hydrogens (tertiary/aromatic N) is 1. The molecule has 2 unspecified atom stereocenters. The number of rotatable bonds is 0. The third-order valence-electron chi connectivity index (χ3n) is 2.33. The third kappa shape index (κ3) is 1.07. The van der Waals surface area contributed by atoms with Crippen molar-refractivity contribution >= 4 is 12.4 Å². The zero-order valence-electron chi connectivity index (χ0n) is 5.63. The van der Waals surface area contributed by atoms with Gasteiger partial charge >= 0.3 is 0 Å². The van der Waals surface area contributed by atoms with E-state index >= 15 is 0 Å². The largest absolute Gasteiger partial charge is 0.311 e. The van der Waals surface area contributed by atoms with Gasteiger partial charge < -0.3 is 10.2 Å². The van der Waals surface area contributed by atoms with E-state index in [1.807, 2.05) is 0 Å². The van der Waals surface area contributed by atoms with Gasteiger partial charge in [0.25, 0.3) is 0 Å². The fraction of sp³-hybridized carbons (Fsp3) is 1.00. The molecule has 2 saturated heterocycles. The van der Waals surface area contributed by atoms with Crippen LogP contribution in [0.3, 0.4) is 0 Å². The van der Waals surface area contributed by atoms with E-state index in [9.17, 15) is 0 Å². The Bertz CT molecular complexity index is 105. The Kier molecular flexibility index (Phi) is 1.99. The molecule has 0 spiro atoms. The summed E-state index contributed by atoms with van der Waals surface area (Å²) < 4.78 is 0. The van der Waals surface area contributed by atoms with Crippen LogP contribution in [-0.4, -0.2) is 37.1 Å². The van der Waals surface area contributed by atoms with E-state index in [1.165, 1.54) is 19.5 Å². The van der Waals surface area contributed by atoms with E-state index in [0.717, 1.165) is 12.1 Å². The van der Waals surface area contributed by atoms with Crippen molar-refractivity contribution in [2.75, 3.05) is 20.1 Å². The average molecular weight is 149 g/mol. The Labute approximate surface area is 62.0 Å². The van der Waals surface area contributed by atoms with Crippen molar-refractivity contribution in [3.8, 4) is 0 Å². The van der Waals surface area contributed by atoms with E-state index in [-0.39, 0.29) is 12.4 Å². The fourth-order valence-electron chi connectivity index (χ4n) is 1.77. The van der Waals surface area contributed by atoms with E-state index < -0.39 is 0 Å². The molecule has 0 aromatic rings. The molecule has 0 amide bonds. The van der Waals surface area contributed by atoms with Gasteiger partial charge in [-0.2, -0.15) is 0 Å². The highest BCUT2D eigenvalue weighted by molar-refractivity contribution is 5.85. The van der Waals surface area contributed by atoms with Crippen LogP contribution < -0.4 is 5.32 Å². The van der Waals surface area contributed by atoms with Crippen molar-refractivity contribution in [3.63, 3.8) is 0 Å². The molecule has 0 aromatic heterocycles. The molecule has 54 valence electrons. The summed E-state index contributed by atoms with van der Waals surface area (Å²) in [5.41, 5.74) is 0. The Morgan fingerprint density at radius 3 is 2.56 bits per heavy atom. The number of likely N-dealkylation sites (N-methyl/N-ethyl adjacent to an activating group) is 1. The molecule has 2 fully saturated rings. The van der Waals surface area contributed by atoms with Crippen LogP contribution in [0.2, 0.25) is 0 Å². The molecule has 9 heavy (non-hydrogen) atoms. The molecule has 3 heteroatoms. The lowest BCUT2D eigenvalue weighted by Crippen LogP contribution is -2.41. The van der Waals surface area contributed by atoms with Crippen molar-refractivity contribution in [3.05, 3.63) is 0 Å². The van der Waals surface area contributed by atoms with Crippen molar-refractivity contribution in [1.29, 1.82) is 0 Å². The van der Waals surface area contributed by atoms with E-state index in [4.69, 9.17) is 0 Å². The first-order valence-electron chi connectivity index (χ1n) is 3.30. The molecule has 0 saturated carbocycles. The number of hydrogen-bond acceptors (Lipinski definition) is 2. The number of piperazine rings is 1. The summed E-state index contributed by atoms with van der Waals surface area (Å²) in [5.74, 6) is 0. The summed E-state index contributed by atoms with van der Waals surface area (Å²) in [4.78, 5) is 2.45. The average Bonchev–Trinajstić information content (AvgIpc) is 2.23. The highest BCUT2D eigenvalue weighted by atomic mass is 35.5. The van der Waals surface area contributed by atoms with Gasteiger partial charge in [0.05, 0.1) is 0 Å². The van der Waals surface area contributed by atoms with Crippen LogP contribution in [0.15, 0.2) is 0 Å². The van der Waals surface area contributed by atoms with E-state index in [2.05, 4.69) is 17.3 Å². The molecule has 2 aliphatic rings. The summed E-state index contributed by atoms with van der Waals surface area (Å²) in [5, 5.41) is 3.44. The van der Waals surface area contributed by atoms with Gasteiger partial charge in [-0.25, -0.2) is 0 Å². The molecule has 1 N–H and O–H groups in total. The summed E-state index contributed by atoms with van der Waals surface area (Å²) in [6.45, 7) is 2.49. The molecular weight excluding hydrogens is 136 g/mol. The first-order chi connectivity index (χ1) is 3.86. The van der Waals surface area contributed by atoms with Crippen LogP contribution in [0.25, 0.3) is 0 Å². The van der Waals surface area contributed by atoms with Gasteiger partial charge in [0.15, 0.2) is 0 Å². The Hall–Kier alpha value is 0.210. The molecular formula is C6H13ClN2. The quantitative estimate of drug-likeness (QED) is 0.524. The highest BCUT2D eigenvalue weighted by Crippen LogP contribution is 2.20.